The first kappa shape index (κ1) is 18.2. The summed E-state index contributed by atoms with van der Waals surface area (Å²) in [6.45, 7) is 3.05. The molecule has 1 aliphatic heterocycles. The smallest absolute Gasteiger partial charge is 0.230 e. The van der Waals surface area contributed by atoms with Gasteiger partial charge < -0.3 is 15.0 Å². The summed E-state index contributed by atoms with van der Waals surface area (Å²) >= 11 is 1.47. The van der Waals surface area contributed by atoms with Gasteiger partial charge in [0.15, 0.2) is 5.16 Å². The summed E-state index contributed by atoms with van der Waals surface area (Å²) < 4.78 is 7.82. The van der Waals surface area contributed by atoms with Crippen LogP contribution in [0.1, 0.15) is 31.7 Å². The van der Waals surface area contributed by atoms with E-state index in [0.717, 1.165) is 29.9 Å². The normalized spacial score (nSPS) is 16.5. The Morgan fingerprint density at radius 3 is 2.70 bits per heavy atom. The topological polar surface area (TPSA) is 72.3 Å². The zero-order valence-electron chi connectivity index (χ0n) is 15.3. The highest BCUT2D eigenvalue weighted by molar-refractivity contribution is 7.99. The minimum Gasteiger partial charge on any atom is -0.492 e. The number of amides is 1. The average molecular weight is 388 g/mol. The van der Waals surface area contributed by atoms with Gasteiger partial charge in [0, 0.05) is 19.1 Å². The van der Waals surface area contributed by atoms with E-state index in [1.165, 1.54) is 37.4 Å². The van der Waals surface area contributed by atoms with Crippen LogP contribution in [0.15, 0.2) is 35.5 Å². The third kappa shape index (κ3) is 4.74. The Labute approximate surface area is 163 Å². The van der Waals surface area contributed by atoms with E-state index >= 15 is 0 Å². The maximum atomic E-state index is 12.1. The monoisotopic (exact) mass is 387 g/mol. The molecule has 1 aliphatic carbocycles. The highest BCUT2D eigenvalue weighted by atomic mass is 32.2. The van der Waals surface area contributed by atoms with Crippen LogP contribution in [-0.2, 0) is 4.79 Å². The van der Waals surface area contributed by atoms with Crippen LogP contribution in [0.3, 0.4) is 0 Å². The molecule has 0 spiro atoms. The molecule has 4 rings (SSSR count). The lowest BCUT2D eigenvalue weighted by atomic mass is 10.3. The Bertz CT molecular complexity index is 757. The summed E-state index contributed by atoms with van der Waals surface area (Å²) in [7, 11) is 0. The second kappa shape index (κ2) is 8.65. The summed E-state index contributed by atoms with van der Waals surface area (Å²) in [4.78, 5) is 14.4. The van der Waals surface area contributed by atoms with Gasteiger partial charge in [-0.15, -0.1) is 10.2 Å². The van der Waals surface area contributed by atoms with Crippen molar-refractivity contribution < 1.29 is 9.53 Å². The van der Waals surface area contributed by atoms with E-state index in [-0.39, 0.29) is 5.91 Å². The number of ether oxygens (including phenoxy) is 1. The maximum Gasteiger partial charge on any atom is 0.230 e. The molecule has 1 aromatic carbocycles. The van der Waals surface area contributed by atoms with E-state index in [9.17, 15) is 4.79 Å². The van der Waals surface area contributed by atoms with E-state index in [1.54, 1.807) is 0 Å². The van der Waals surface area contributed by atoms with Crippen LogP contribution in [0.5, 0.6) is 5.75 Å². The number of aromatic nitrogens is 3. The van der Waals surface area contributed by atoms with Gasteiger partial charge in [-0.1, -0.05) is 30.0 Å². The highest BCUT2D eigenvalue weighted by Crippen LogP contribution is 2.41. The van der Waals surface area contributed by atoms with Crippen molar-refractivity contribution in [2.75, 3.05) is 36.9 Å². The second-order valence-corrected chi connectivity index (χ2v) is 7.82. The van der Waals surface area contributed by atoms with Crippen LogP contribution in [0, 0.1) is 0 Å². The number of carbonyl (C=O) groups excluding carboxylic acids is 1. The molecule has 1 aromatic heterocycles. The molecular weight excluding hydrogens is 362 g/mol. The Hall–Kier alpha value is -2.22. The largest absolute Gasteiger partial charge is 0.492 e. The average Bonchev–Trinajstić information content (AvgIpc) is 3.21. The van der Waals surface area contributed by atoms with Gasteiger partial charge >= 0.3 is 0 Å². The number of rotatable bonds is 9. The first-order chi connectivity index (χ1) is 13.3. The molecule has 0 atom stereocenters. The lowest BCUT2D eigenvalue weighted by Crippen LogP contribution is -2.29. The van der Waals surface area contributed by atoms with Crippen molar-refractivity contribution in [1.29, 1.82) is 0 Å². The molecule has 0 radical (unpaired) electrons. The van der Waals surface area contributed by atoms with E-state index < -0.39 is 0 Å². The molecule has 1 N–H and O–H groups in total. The van der Waals surface area contributed by atoms with Crippen molar-refractivity contribution in [3.05, 3.63) is 30.3 Å². The van der Waals surface area contributed by atoms with E-state index in [1.807, 2.05) is 30.3 Å². The van der Waals surface area contributed by atoms with E-state index in [2.05, 4.69) is 25.0 Å². The fraction of sp³-hybridized carbons (Fsp3) is 0.526. The molecule has 1 saturated heterocycles. The predicted molar refractivity (Wildman–Crippen MR) is 105 cm³/mol. The number of anilines is 1. The number of hydrogen-bond acceptors (Lipinski definition) is 6. The number of para-hydroxylation sites is 1. The number of carbonyl (C=O) groups is 1. The standard InChI is InChI=1S/C19H25N5O2S/c25-17(20-10-13-26-16-6-2-1-3-7-16)14-27-19-22-21-18(23-11-4-5-12-23)24(19)15-8-9-15/h1-3,6-7,15H,4-5,8-14H2,(H,20,25). The van der Waals surface area contributed by atoms with Gasteiger partial charge in [-0.25, -0.2) is 0 Å². The molecule has 0 bridgehead atoms. The van der Waals surface area contributed by atoms with Crippen LogP contribution in [0.25, 0.3) is 0 Å². The third-order valence-corrected chi connectivity index (χ3v) is 5.66. The second-order valence-electron chi connectivity index (χ2n) is 6.88. The van der Waals surface area contributed by atoms with Gasteiger partial charge in [0.1, 0.15) is 12.4 Å². The third-order valence-electron chi connectivity index (χ3n) is 4.72. The van der Waals surface area contributed by atoms with Crippen molar-refractivity contribution in [1.82, 2.24) is 20.1 Å². The summed E-state index contributed by atoms with van der Waals surface area (Å²) in [5.74, 6) is 2.13. The maximum absolute atomic E-state index is 12.1. The fourth-order valence-corrected chi connectivity index (χ4v) is 4.04. The molecule has 1 saturated carbocycles. The van der Waals surface area contributed by atoms with Gasteiger partial charge in [0.2, 0.25) is 11.9 Å². The molecule has 1 amide bonds. The van der Waals surface area contributed by atoms with Crippen LogP contribution in [-0.4, -0.2) is 52.7 Å². The summed E-state index contributed by atoms with van der Waals surface area (Å²) in [5.41, 5.74) is 0. The van der Waals surface area contributed by atoms with Crippen LogP contribution in [0.4, 0.5) is 5.95 Å². The Kier molecular flexibility index (Phi) is 5.81. The van der Waals surface area contributed by atoms with Gasteiger partial charge in [-0.05, 0) is 37.8 Å². The van der Waals surface area contributed by atoms with Crippen LogP contribution >= 0.6 is 11.8 Å². The van der Waals surface area contributed by atoms with Crippen molar-refractivity contribution in [3.8, 4) is 5.75 Å². The molecule has 2 heterocycles. The quantitative estimate of drug-likeness (QED) is 0.527. The van der Waals surface area contributed by atoms with Crippen molar-refractivity contribution in [3.63, 3.8) is 0 Å². The minimum absolute atomic E-state index is 0.00951. The first-order valence-corrected chi connectivity index (χ1v) is 10.6. The SMILES string of the molecule is O=C(CSc1nnc(N2CCCC2)n1C1CC1)NCCOc1ccccc1. The first-order valence-electron chi connectivity index (χ1n) is 9.58. The molecule has 7 nitrogen and oxygen atoms in total. The molecule has 144 valence electrons. The fourth-order valence-electron chi connectivity index (χ4n) is 3.21. The summed E-state index contributed by atoms with van der Waals surface area (Å²) in [5, 5.41) is 12.5. The Morgan fingerprint density at radius 1 is 1.19 bits per heavy atom. The number of benzene rings is 1. The van der Waals surface area contributed by atoms with Gasteiger partial charge in [0.05, 0.1) is 12.3 Å². The lowest BCUT2D eigenvalue weighted by Gasteiger charge is -2.17. The zero-order valence-corrected chi connectivity index (χ0v) is 16.2. The van der Waals surface area contributed by atoms with Crippen molar-refractivity contribution in [2.45, 2.75) is 36.9 Å². The zero-order chi connectivity index (χ0) is 18.5. The minimum atomic E-state index is -0.00951. The molecule has 0 unspecified atom stereocenters. The number of nitrogens with zero attached hydrogens (tertiary/aromatic N) is 4. The highest BCUT2D eigenvalue weighted by Gasteiger charge is 2.32. The van der Waals surface area contributed by atoms with Crippen LogP contribution < -0.4 is 15.0 Å². The van der Waals surface area contributed by atoms with Gasteiger partial charge in [-0.3, -0.25) is 9.36 Å². The van der Waals surface area contributed by atoms with Crippen molar-refractivity contribution >= 4 is 23.6 Å². The van der Waals surface area contributed by atoms with Crippen molar-refractivity contribution in [2.24, 2.45) is 0 Å². The van der Waals surface area contributed by atoms with Gasteiger partial charge in [-0.2, -0.15) is 0 Å². The summed E-state index contributed by atoms with van der Waals surface area (Å²) in [6, 6.07) is 10.1. The van der Waals surface area contributed by atoms with Gasteiger partial charge in [0.25, 0.3) is 0 Å². The molecule has 2 aliphatic rings. The molecule has 8 heteroatoms. The molecular formula is C19H25N5O2S. The number of hydrogen-bond donors (Lipinski definition) is 1. The lowest BCUT2D eigenvalue weighted by molar-refractivity contribution is -0.118. The van der Waals surface area contributed by atoms with E-state index in [0.29, 0.717) is 24.9 Å². The predicted octanol–water partition coefficient (Wildman–Crippen LogP) is 2.50. The number of thioether (sulfide) groups is 1. The Morgan fingerprint density at radius 2 is 1.96 bits per heavy atom. The number of nitrogens with one attached hydrogen (secondary N) is 1. The molecule has 2 aromatic rings. The summed E-state index contributed by atoms with van der Waals surface area (Å²) in [6.07, 6.45) is 4.78. The molecule has 2 fully saturated rings. The Balaban J connectivity index is 1.24. The van der Waals surface area contributed by atoms with E-state index in [4.69, 9.17) is 4.74 Å². The molecule has 27 heavy (non-hydrogen) atoms. The van der Waals surface area contributed by atoms with Crippen LogP contribution in [0.2, 0.25) is 0 Å².